The van der Waals surface area contributed by atoms with Crippen LogP contribution in [0.4, 0.5) is 5.69 Å². The van der Waals surface area contributed by atoms with Crippen molar-refractivity contribution in [3.05, 3.63) is 29.8 Å². The van der Waals surface area contributed by atoms with E-state index in [9.17, 15) is 13.2 Å². The van der Waals surface area contributed by atoms with Gasteiger partial charge in [-0.15, -0.1) is 0 Å². The highest BCUT2D eigenvalue weighted by Gasteiger charge is 2.19. The smallest absolute Gasteiger partial charge is 0.248 e. The zero-order valence-electron chi connectivity index (χ0n) is 9.47. The van der Waals surface area contributed by atoms with E-state index < -0.39 is 15.3 Å². The van der Waals surface area contributed by atoms with Gasteiger partial charge in [-0.05, 0) is 38.1 Å². The third-order valence-electron chi connectivity index (χ3n) is 2.20. The highest BCUT2D eigenvalue weighted by atomic mass is 32.2. The summed E-state index contributed by atoms with van der Waals surface area (Å²) in [5.74, 6) is -0.0928. The van der Waals surface area contributed by atoms with E-state index in [1.54, 1.807) is 6.07 Å². The maximum absolute atomic E-state index is 11.5. The van der Waals surface area contributed by atoms with Gasteiger partial charge in [-0.3, -0.25) is 9.52 Å². The van der Waals surface area contributed by atoms with Crippen molar-refractivity contribution in [2.24, 2.45) is 0 Å². The molecule has 1 rings (SSSR count). The Kier molecular flexibility index (Phi) is 3.86. The van der Waals surface area contributed by atoms with E-state index in [-0.39, 0.29) is 5.78 Å². The monoisotopic (exact) mass is 252 g/mol. The van der Waals surface area contributed by atoms with Crippen molar-refractivity contribution < 1.29 is 13.2 Å². The summed E-state index contributed by atoms with van der Waals surface area (Å²) < 4.78 is 25.4. The standard InChI is InChI=1S/C11H12N2O3S/c1-8(7-12)17(15,16)13-11-5-3-10(4-6-11)9(2)14/h3-6,8,13H,1-2H3. The Bertz CT molecular complexity index is 555. The van der Waals surface area contributed by atoms with Gasteiger partial charge in [0.05, 0.1) is 6.07 Å². The molecule has 0 bridgehead atoms. The van der Waals surface area contributed by atoms with E-state index in [2.05, 4.69) is 4.72 Å². The first-order valence-electron chi connectivity index (χ1n) is 4.89. The van der Waals surface area contributed by atoms with Crippen molar-refractivity contribution in [3.8, 4) is 6.07 Å². The zero-order chi connectivity index (χ0) is 13.1. The van der Waals surface area contributed by atoms with E-state index in [1.807, 2.05) is 0 Å². The third-order valence-corrected chi connectivity index (χ3v) is 3.76. The number of hydrogen-bond donors (Lipinski definition) is 1. The van der Waals surface area contributed by atoms with Gasteiger partial charge in [-0.1, -0.05) is 0 Å². The van der Waals surface area contributed by atoms with Crippen LogP contribution < -0.4 is 4.72 Å². The Morgan fingerprint density at radius 2 is 1.88 bits per heavy atom. The molecule has 1 unspecified atom stereocenters. The van der Waals surface area contributed by atoms with Crippen LogP contribution in [0.1, 0.15) is 24.2 Å². The lowest BCUT2D eigenvalue weighted by atomic mass is 10.1. The van der Waals surface area contributed by atoms with Crippen LogP contribution in [0.5, 0.6) is 0 Å². The molecule has 1 aromatic rings. The summed E-state index contributed by atoms with van der Waals surface area (Å²) in [5, 5.41) is 7.42. The summed E-state index contributed by atoms with van der Waals surface area (Å²) in [6.45, 7) is 2.73. The minimum atomic E-state index is -3.69. The van der Waals surface area contributed by atoms with Crippen molar-refractivity contribution >= 4 is 21.5 Å². The third kappa shape index (κ3) is 3.29. The number of carbonyl (C=O) groups is 1. The van der Waals surface area contributed by atoms with E-state index >= 15 is 0 Å². The normalized spacial score (nSPS) is 12.5. The highest BCUT2D eigenvalue weighted by Crippen LogP contribution is 2.13. The van der Waals surface area contributed by atoms with E-state index in [4.69, 9.17) is 5.26 Å². The Labute approximate surface area is 100 Å². The van der Waals surface area contributed by atoms with Crippen LogP contribution in [0.2, 0.25) is 0 Å². The minimum absolute atomic E-state index is 0.0928. The molecule has 90 valence electrons. The molecule has 0 radical (unpaired) electrons. The predicted molar refractivity (Wildman–Crippen MR) is 64.1 cm³/mol. The van der Waals surface area contributed by atoms with Crippen LogP contribution in [0.15, 0.2) is 24.3 Å². The fourth-order valence-electron chi connectivity index (χ4n) is 1.10. The number of nitrogens with zero attached hydrogens (tertiary/aromatic N) is 1. The van der Waals surface area contributed by atoms with E-state index in [1.165, 1.54) is 38.1 Å². The number of nitriles is 1. The summed E-state index contributed by atoms with van der Waals surface area (Å²) in [4.78, 5) is 11.0. The summed E-state index contributed by atoms with van der Waals surface area (Å²) in [7, 11) is -3.69. The lowest BCUT2D eigenvalue weighted by Gasteiger charge is -2.09. The average Bonchev–Trinajstić information content (AvgIpc) is 2.28. The minimum Gasteiger partial charge on any atom is -0.295 e. The molecule has 5 nitrogen and oxygen atoms in total. The molecular weight excluding hydrogens is 240 g/mol. The number of anilines is 1. The molecule has 0 fully saturated rings. The zero-order valence-corrected chi connectivity index (χ0v) is 10.3. The summed E-state index contributed by atoms with van der Waals surface area (Å²) in [5.41, 5.74) is 0.832. The van der Waals surface area contributed by atoms with Crippen LogP contribution in [-0.2, 0) is 10.0 Å². The molecule has 1 N–H and O–H groups in total. The van der Waals surface area contributed by atoms with Gasteiger partial charge in [-0.25, -0.2) is 8.42 Å². The lowest BCUT2D eigenvalue weighted by molar-refractivity contribution is 0.101. The van der Waals surface area contributed by atoms with E-state index in [0.29, 0.717) is 11.3 Å². The van der Waals surface area contributed by atoms with Crippen LogP contribution in [-0.4, -0.2) is 19.5 Å². The molecule has 0 aliphatic rings. The van der Waals surface area contributed by atoms with Gasteiger partial charge in [-0.2, -0.15) is 5.26 Å². The molecule has 0 spiro atoms. The SMILES string of the molecule is CC(=O)c1ccc(NS(=O)(=O)C(C)C#N)cc1. The van der Waals surface area contributed by atoms with Gasteiger partial charge in [0, 0.05) is 11.3 Å². The molecule has 17 heavy (non-hydrogen) atoms. The molecule has 0 saturated carbocycles. The topological polar surface area (TPSA) is 87.0 Å². The molecule has 1 atom stereocenters. The maximum atomic E-state index is 11.5. The Morgan fingerprint density at radius 3 is 2.29 bits per heavy atom. The summed E-state index contributed by atoms with van der Waals surface area (Å²) in [6.07, 6.45) is 0. The second-order valence-electron chi connectivity index (χ2n) is 3.55. The number of sulfonamides is 1. The number of hydrogen-bond acceptors (Lipinski definition) is 4. The molecule has 0 aliphatic carbocycles. The maximum Gasteiger partial charge on any atom is 0.248 e. The summed E-state index contributed by atoms with van der Waals surface area (Å²) in [6, 6.07) is 7.67. The van der Waals surface area contributed by atoms with Gasteiger partial charge in [0.1, 0.15) is 0 Å². The summed E-state index contributed by atoms with van der Waals surface area (Å²) >= 11 is 0. The van der Waals surface area contributed by atoms with Crippen molar-refractivity contribution in [1.82, 2.24) is 0 Å². The molecule has 0 amide bonds. The van der Waals surface area contributed by atoms with Gasteiger partial charge < -0.3 is 0 Å². The van der Waals surface area contributed by atoms with Gasteiger partial charge in [0.15, 0.2) is 11.0 Å². The highest BCUT2D eigenvalue weighted by molar-refractivity contribution is 7.93. The molecule has 0 heterocycles. The fraction of sp³-hybridized carbons (Fsp3) is 0.273. The fourth-order valence-corrected chi connectivity index (χ4v) is 1.88. The number of benzene rings is 1. The largest absolute Gasteiger partial charge is 0.295 e. The first kappa shape index (κ1) is 13.2. The molecule has 0 aromatic heterocycles. The Hall–Kier alpha value is -1.87. The van der Waals surface area contributed by atoms with Gasteiger partial charge in [0.25, 0.3) is 0 Å². The Morgan fingerprint density at radius 1 is 1.35 bits per heavy atom. The number of carbonyl (C=O) groups excluding carboxylic acids is 1. The number of Topliss-reactive ketones (excluding diaryl/α,β-unsaturated/α-hetero) is 1. The molecule has 0 aliphatic heterocycles. The molecule has 0 saturated heterocycles. The van der Waals surface area contributed by atoms with Crippen LogP contribution in [0.3, 0.4) is 0 Å². The molecule has 6 heteroatoms. The average molecular weight is 252 g/mol. The number of rotatable bonds is 4. The first-order chi connectivity index (χ1) is 7.86. The van der Waals surface area contributed by atoms with Crippen molar-refractivity contribution in [2.45, 2.75) is 19.1 Å². The van der Waals surface area contributed by atoms with E-state index in [0.717, 1.165) is 0 Å². The van der Waals surface area contributed by atoms with Crippen molar-refractivity contribution in [2.75, 3.05) is 4.72 Å². The van der Waals surface area contributed by atoms with Crippen molar-refractivity contribution in [1.29, 1.82) is 5.26 Å². The van der Waals surface area contributed by atoms with Crippen molar-refractivity contribution in [3.63, 3.8) is 0 Å². The lowest BCUT2D eigenvalue weighted by Crippen LogP contribution is -2.23. The molecule has 1 aromatic carbocycles. The predicted octanol–water partition coefficient (Wildman–Crippen LogP) is 1.54. The Balaban J connectivity index is 2.91. The first-order valence-corrected chi connectivity index (χ1v) is 6.43. The number of ketones is 1. The second-order valence-corrected chi connectivity index (χ2v) is 5.55. The van der Waals surface area contributed by atoms with Crippen LogP contribution >= 0.6 is 0 Å². The van der Waals surface area contributed by atoms with Gasteiger partial charge in [0.2, 0.25) is 10.0 Å². The van der Waals surface area contributed by atoms with Gasteiger partial charge >= 0.3 is 0 Å². The molecular formula is C11H12N2O3S. The quantitative estimate of drug-likeness (QED) is 0.823. The second kappa shape index (κ2) is 4.97. The van der Waals surface area contributed by atoms with Crippen LogP contribution in [0.25, 0.3) is 0 Å². The number of nitrogens with one attached hydrogen (secondary N) is 1. The van der Waals surface area contributed by atoms with Crippen LogP contribution in [0, 0.1) is 11.3 Å².